The zero-order valence-electron chi connectivity index (χ0n) is 16.9. The van der Waals surface area contributed by atoms with E-state index in [9.17, 15) is 9.59 Å². The van der Waals surface area contributed by atoms with Crippen LogP contribution >= 0.6 is 0 Å². The molecule has 154 valence electrons. The number of aromatic nitrogens is 2. The second kappa shape index (κ2) is 7.90. The molecule has 1 aliphatic heterocycles. The summed E-state index contributed by atoms with van der Waals surface area (Å²) < 4.78 is 17.2. The van der Waals surface area contributed by atoms with E-state index in [2.05, 4.69) is 10.3 Å². The highest BCUT2D eigenvalue weighted by atomic mass is 16.5. The molecule has 2 aromatic carbocycles. The molecule has 0 spiro atoms. The Labute approximate surface area is 173 Å². The molecule has 1 N–H and O–H groups in total. The fourth-order valence-corrected chi connectivity index (χ4v) is 3.56. The first kappa shape index (κ1) is 19.5. The zero-order chi connectivity index (χ0) is 21.3. The van der Waals surface area contributed by atoms with E-state index >= 15 is 0 Å². The van der Waals surface area contributed by atoms with E-state index in [1.165, 1.54) is 7.11 Å². The monoisotopic (exact) mass is 407 g/mol. The van der Waals surface area contributed by atoms with Crippen LogP contribution in [0, 0.1) is 0 Å². The van der Waals surface area contributed by atoms with Crippen LogP contribution in [0.4, 0.5) is 11.5 Å². The average Bonchev–Trinajstić information content (AvgIpc) is 2.77. The van der Waals surface area contributed by atoms with Crippen molar-refractivity contribution < 1.29 is 19.0 Å². The Kier molecular flexibility index (Phi) is 5.14. The lowest BCUT2D eigenvalue weighted by molar-refractivity contribution is 0.0601. The first-order chi connectivity index (χ1) is 14.5. The highest BCUT2D eigenvalue weighted by Crippen LogP contribution is 2.38. The van der Waals surface area contributed by atoms with Crippen LogP contribution in [0.1, 0.15) is 15.9 Å². The maximum Gasteiger partial charge on any atom is 0.350 e. The van der Waals surface area contributed by atoms with Gasteiger partial charge in [-0.1, -0.05) is 0 Å². The number of ether oxygens (including phenoxy) is 3. The topological polar surface area (TPSA) is 91.7 Å². The summed E-state index contributed by atoms with van der Waals surface area (Å²) in [6.45, 7) is 0.539. The number of carbonyl (C=O) groups is 1. The number of anilines is 2. The molecule has 30 heavy (non-hydrogen) atoms. The number of aryl methyl sites for hydroxylation is 1. The van der Waals surface area contributed by atoms with Gasteiger partial charge in [-0.15, -0.1) is 0 Å². The number of fused-ring (bicyclic) bond motifs is 3. The number of hydrogen-bond donors (Lipinski definition) is 1. The van der Waals surface area contributed by atoms with Crippen molar-refractivity contribution in [2.45, 2.75) is 13.0 Å². The molecule has 4 rings (SSSR count). The van der Waals surface area contributed by atoms with E-state index in [0.717, 1.165) is 16.8 Å². The van der Waals surface area contributed by atoms with Crippen molar-refractivity contribution >= 4 is 17.5 Å². The van der Waals surface area contributed by atoms with Crippen LogP contribution in [0.25, 0.3) is 11.3 Å². The molecule has 0 bridgehead atoms. The molecule has 0 fully saturated rings. The van der Waals surface area contributed by atoms with Crippen LogP contribution in [0.15, 0.2) is 47.3 Å². The molecule has 8 heteroatoms. The summed E-state index contributed by atoms with van der Waals surface area (Å²) in [6, 6.07) is 12.4. The van der Waals surface area contributed by atoms with Gasteiger partial charge in [0.15, 0.2) is 11.5 Å². The summed E-state index contributed by atoms with van der Waals surface area (Å²) in [5, 5.41) is 3.13. The van der Waals surface area contributed by atoms with E-state index in [0.29, 0.717) is 41.5 Å². The van der Waals surface area contributed by atoms with Gasteiger partial charge >= 0.3 is 11.7 Å². The number of nitrogens with zero attached hydrogens (tertiary/aromatic N) is 2. The summed E-state index contributed by atoms with van der Waals surface area (Å²) in [7, 11) is 4.52. The number of nitrogens with one attached hydrogen (secondary N) is 1. The second-order valence-corrected chi connectivity index (χ2v) is 6.77. The number of rotatable bonds is 5. The third-order valence-corrected chi connectivity index (χ3v) is 5.08. The van der Waals surface area contributed by atoms with Crippen LogP contribution in [-0.2, 0) is 17.7 Å². The lowest BCUT2D eigenvalue weighted by Crippen LogP contribution is -2.28. The molecule has 0 atom stereocenters. The van der Waals surface area contributed by atoms with E-state index in [-0.39, 0.29) is 5.69 Å². The number of hydrogen-bond acceptors (Lipinski definition) is 7. The zero-order valence-corrected chi connectivity index (χ0v) is 16.9. The van der Waals surface area contributed by atoms with E-state index < -0.39 is 5.97 Å². The van der Waals surface area contributed by atoms with Crippen molar-refractivity contribution in [3.8, 4) is 22.8 Å². The third-order valence-electron chi connectivity index (χ3n) is 5.08. The van der Waals surface area contributed by atoms with Crippen molar-refractivity contribution in [3.63, 3.8) is 0 Å². The molecular formula is C22H21N3O5. The minimum atomic E-state index is -0.410. The number of esters is 1. The van der Waals surface area contributed by atoms with Crippen molar-refractivity contribution in [2.24, 2.45) is 0 Å². The van der Waals surface area contributed by atoms with Gasteiger partial charge in [-0.2, -0.15) is 4.98 Å². The van der Waals surface area contributed by atoms with E-state index in [1.807, 2.05) is 18.2 Å². The van der Waals surface area contributed by atoms with Gasteiger partial charge in [0, 0.05) is 23.9 Å². The molecule has 2 heterocycles. The van der Waals surface area contributed by atoms with E-state index in [4.69, 9.17) is 14.2 Å². The third kappa shape index (κ3) is 3.47. The average molecular weight is 407 g/mol. The minimum absolute atomic E-state index is 0.332. The van der Waals surface area contributed by atoms with Gasteiger partial charge in [-0.05, 0) is 48.4 Å². The van der Waals surface area contributed by atoms with Crippen LogP contribution in [-0.4, -0.2) is 36.8 Å². The van der Waals surface area contributed by atoms with Gasteiger partial charge < -0.3 is 19.5 Å². The first-order valence-corrected chi connectivity index (χ1v) is 9.36. The number of carbonyl (C=O) groups excluding carboxylic acids is 1. The minimum Gasteiger partial charge on any atom is -0.493 e. The van der Waals surface area contributed by atoms with Crippen LogP contribution < -0.4 is 20.5 Å². The van der Waals surface area contributed by atoms with Crippen molar-refractivity contribution in [1.29, 1.82) is 0 Å². The molecule has 0 saturated heterocycles. The highest BCUT2D eigenvalue weighted by Gasteiger charge is 2.21. The van der Waals surface area contributed by atoms with Crippen molar-refractivity contribution in [3.05, 3.63) is 64.1 Å². The fraction of sp³-hybridized carbons (Fsp3) is 0.227. The normalized spacial score (nSPS) is 11.8. The summed E-state index contributed by atoms with van der Waals surface area (Å²) in [5.74, 6) is 1.26. The standard InChI is InChI=1S/C22H21N3O5/c1-28-18-10-14-8-9-25-17(16(14)11-19(18)29-2)12-20(24-22(25)27)23-15-6-4-13(5-7-15)21(26)30-3/h4-7,10-12H,8-9H2,1-3H3,(H,23,24,27). The summed E-state index contributed by atoms with van der Waals surface area (Å²) in [5.41, 5.74) is 3.54. The number of benzene rings is 2. The summed E-state index contributed by atoms with van der Waals surface area (Å²) >= 11 is 0. The fourth-order valence-electron chi connectivity index (χ4n) is 3.56. The molecule has 0 saturated carbocycles. The Morgan fingerprint density at radius 2 is 1.73 bits per heavy atom. The van der Waals surface area contributed by atoms with E-state index in [1.54, 1.807) is 43.1 Å². The second-order valence-electron chi connectivity index (χ2n) is 6.77. The Bertz CT molecular complexity index is 1170. The smallest absolute Gasteiger partial charge is 0.350 e. The molecule has 0 aliphatic carbocycles. The summed E-state index contributed by atoms with van der Waals surface area (Å²) in [6.07, 6.45) is 0.700. The molecule has 3 aromatic rings. The van der Waals surface area contributed by atoms with Crippen LogP contribution in [0.2, 0.25) is 0 Å². The Morgan fingerprint density at radius 1 is 1.03 bits per heavy atom. The van der Waals surface area contributed by atoms with Gasteiger partial charge in [0.25, 0.3) is 0 Å². The Balaban J connectivity index is 1.72. The quantitative estimate of drug-likeness (QED) is 0.650. The molecule has 0 amide bonds. The highest BCUT2D eigenvalue weighted by molar-refractivity contribution is 5.89. The first-order valence-electron chi connectivity index (χ1n) is 9.36. The predicted molar refractivity (Wildman–Crippen MR) is 112 cm³/mol. The maximum absolute atomic E-state index is 12.6. The predicted octanol–water partition coefficient (Wildman–Crippen LogP) is 3.01. The van der Waals surface area contributed by atoms with Crippen molar-refractivity contribution in [1.82, 2.24) is 9.55 Å². The molecule has 1 aliphatic rings. The van der Waals surface area contributed by atoms with Crippen LogP contribution in [0.3, 0.4) is 0 Å². The molecule has 1 aromatic heterocycles. The lowest BCUT2D eigenvalue weighted by Gasteiger charge is -2.23. The summed E-state index contributed by atoms with van der Waals surface area (Å²) in [4.78, 5) is 28.4. The van der Waals surface area contributed by atoms with Gasteiger partial charge in [0.2, 0.25) is 0 Å². The van der Waals surface area contributed by atoms with Gasteiger partial charge in [-0.25, -0.2) is 9.59 Å². The van der Waals surface area contributed by atoms with Crippen LogP contribution in [0.5, 0.6) is 11.5 Å². The molecule has 8 nitrogen and oxygen atoms in total. The van der Waals surface area contributed by atoms with Gasteiger partial charge in [-0.3, -0.25) is 4.57 Å². The maximum atomic E-state index is 12.6. The Hall–Kier alpha value is -3.81. The number of methoxy groups -OCH3 is 3. The molecular weight excluding hydrogens is 386 g/mol. The lowest BCUT2D eigenvalue weighted by atomic mass is 9.97. The van der Waals surface area contributed by atoms with Gasteiger partial charge in [0.05, 0.1) is 32.6 Å². The molecule has 0 unspecified atom stereocenters. The van der Waals surface area contributed by atoms with Gasteiger partial charge in [0.1, 0.15) is 5.82 Å². The SMILES string of the molecule is COC(=O)c1ccc(Nc2cc3n(c(=O)n2)CCc2cc(OC)c(OC)cc2-3)cc1. The Morgan fingerprint density at radius 3 is 2.40 bits per heavy atom. The van der Waals surface area contributed by atoms with Crippen molar-refractivity contribution in [2.75, 3.05) is 26.6 Å². The largest absolute Gasteiger partial charge is 0.493 e. The molecule has 0 radical (unpaired) electrons.